The van der Waals surface area contributed by atoms with Crippen LogP contribution in [0.15, 0.2) is 17.3 Å². The van der Waals surface area contributed by atoms with Crippen molar-refractivity contribution in [3.8, 4) is 0 Å². The Morgan fingerprint density at radius 2 is 2.13 bits per heavy atom. The van der Waals surface area contributed by atoms with Gasteiger partial charge in [0, 0.05) is 25.2 Å². The average Bonchev–Trinajstić information content (AvgIpc) is 3.12. The first kappa shape index (κ1) is 14.8. The third-order valence-electron chi connectivity index (χ3n) is 5.96. The summed E-state index contributed by atoms with van der Waals surface area (Å²) in [5.74, 6) is 0. The third-order valence-corrected chi connectivity index (χ3v) is 5.96. The highest BCUT2D eigenvalue weighted by molar-refractivity contribution is 5.72. The van der Waals surface area contributed by atoms with Crippen LogP contribution >= 0.6 is 0 Å². The van der Waals surface area contributed by atoms with Crippen LogP contribution < -0.4 is 10.9 Å². The average molecular weight is 317 g/mol. The molecule has 2 aliphatic rings. The predicted molar refractivity (Wildman–Crippen MR) is 86.1 cm³/mol. The van der Waals surface area contributed by atoms with Crippen molar-refractivity contribution in [2.24, 2.45) is 12.5 Å². The normalized spacial score (nSPS) is 27.0. The van der Waals surface area contributed by atoms with Gasteiger partial charge < -0.3 is 10.4 Å². The molecule has 1 saturated carbocycles. The second-order valence-corrected chi connectivity index (χ2v) is 7.09. The maximum atomic E-state index is 12.7. The number of rotatable bonds is 2. The lowest BCUT2D eigenvalue weighted by Crippen LogP contribution is -2.60. The molecule has 2 N–H and O–H groups in total. The lowest BCUT2D eigenvalue weighted by atomic mass is 9.66. The lowest BCUT2D eigenvalue weighted by Gasteiger charge is -2.49. The minimum Gasteiger partial charge on any atom is -0.387 e. The molecule has 7 heteroatoms. The van der Waals surface area contributed by atoms with Crippen LogP contribution in [0.4, 0.5) is 0 Å². The Hall–Kier alpha value is -1.73. The molecule has 2 fully saturated rings. The molecule has 1 aliphatic carbocycles. The molecule has 23 heavy (non-hydrogen) atoms. The van der Waals surface area contributed by atoms with E-state index in [0.29, 0.717) is 24.0 Å². The van der Waals surface area contributed by atoms with Crippen LogP contribution in [-0.2, 0) is 13.6 Å². The van der Waals surface area contributed by atoms with E-state index in [2.05, 4.69) is 15.3 Å². The van der Waals surface area contributed by atoms with Crippen molar-refractivity contribution < 1.29 is 5.11 Å². The van der Waals surface area contributed by atoms with E-state index in [4.69, 9.17) is 0 Å². The summed E-state index contributed by atoms with van der Waals surface area (Å²) in [5.41, 5.74) is -0.479. The molecule has 1 aliphatic heterocycles. The van der Waals surface area contributed by atoms with E-state index in [9.17, 15) is 9.90 Å². The number of nitrogens with zero attached hydrogens (tertiary/aromatic N) is 4. The van der Waals surface area contributed by atoms with Crippen molar-refractivity contribution in [1.29, 1.82) is 0 Å². The summed E-state index contributed by atoms with van der Waals surface area (Å²) in [5, 5.41) is 15.4. The molecule has 7 nitrogen and oxygen atoms in total. The Morgan fingerprint density at radius 1 is 1.35 bits per heavy atom. The number of fused-ring (bicyclic) bond motifs is 1. The van der Waals surface area contributed by atoms with Crippen LogP contribution in [0, 0.1) is 5.41 Å². The largest absolute Gasteiger partial charge is 0.387 e. The van der Waals surface area contributed by atoms with Crippen LogP contribution in [0.25, 0.3) is 11.0 Å². The van der Waals surface area contributed by atoms with E-state index in [1.807, 2.05) is 7.05 Å². The predicted octanol–water partition coefficient (Wildman–Crippen LogP) is 0.415. The van der Waals surface area contributed by atoms with Crippen molar-refractivity contribution in [1.82, 2.24) is 24.6 Å². The monoisotopic (exact) mass is 317 g/mol. The Morgan fingerprint density at radius 3 is 2.87 bits per heavy atom. The molecule has 2 aromatic rings. The van der Waals surface area contributed by atoms with Gasteiger partial charge in [-0.2, -0.15) is 0 Å². The summed E-state index contributed by atoms with van der Waals surface area (Å²) in [6, 6.07) is 0. The Balaban J connectivity index is 1.79. The summed E-state index contributed by atoms with van der Waals surface area (Å²) < 4.78 is 3.38. The number of hydrogen-bond acceptors (Lipinski definition) is 5. The van der Waals surface area contributed by atoms with Gasteiger partial charge in [-0.1, -0.05) is 12.8 Å². The molecule has 3 heterocycles. The zero-order chi connectivity index (χ0) is 16.1. The van der Waals surface area contributed by atoms with Gasteiger partial charge in [0.1, 0.15) is 11.7 Å². The van der Waals surface area contributed by atoms with E-state index in [1.54, 1.807) is 15.6 Å². The number of nitrogens with one attached hydrogen (secondary N) is 1. The maximum absolute atomic E-state index is 12.7. The summed E-state index contributed by atoms with van der Waals surface area (Å²) in [6.07, 6.45) is 8.03. The second-order valence-electron chi connectivity index (χ2n) is 7.09. The zero-order valence-corrected chi connectivity index (χ0v) is 13.5. The second kappa shape index (κ2) is 5.14. The SMILES string of the molecule is Cn1c2ncncc2c(=O)n1CC1(O)CCNCC12CCCC2. The smallest absolute Gasteiger partial charge is 0.277 e. The number of piperidine rings is 1. The highest BCUT2D eigenvalue weighted by Gasteiger charge is 2.53. The van der Waals surface area contributed by atoms with Crippen molar-refractivity contribution in [2.45, 2.75) is 44.2 Å². The van der Waals surface area contributed by atoms with Gasteiger partial charge in [0.15, 0.2) is 5.65 Å². The molecule has 1 unspecified atom stereocenters. The van der Waals surface area contributed by atoms with Gasteiger partial charge in [-0.15, -0.1) is 0 Å². The maximum Gasteiger partial charge on any atom is 0.277 e. The number of aromatic nitrogens is 4. The number of aliphatic hydroxyl groups is 1. The van der Waals surface area contributed by atoms with Gasteiger partial charge in [0.2, 0.25) is 0 Å². The molecule has 1 atom stereocenters. The summed E-state index contributed by atoms with van der Waals surface area (Å²) in [7, 11) is 1.82. The minimum atomic E-state index is -0.853. The summed E-state index contributed by atoms with van der Waals surface area (Å²) in [4.78, 5) is 20.9. The molecule has 0 bridgehead atoms. The van der Waals surface area contributed by atoms with Crippen LogP contribution in [0.1, 0.15) is 32.1 Å². The van der Waals surface area contributed by atoms with Gasteiger partial charge in [-0.05, 0) is 25.8 Å². The third kappa shape index (κ3) is 2.06. The quantitative estimate of drug-likeness (QED) is 0.838. The summed E-state index contributed by atoms with van der Waals surface area (Å²) >= 11 is 0. The first-order valence-corrected chi connectivity index (χ1v) is 8.35. The van der Waals surface area contributed by atoms with Crippen LogP contribution in [0.3, 0.4) is 0 Å². The standard InChI is InChI=1S/C16H23N5O2/c1-20-13-12(8-18-11-19-13)14(22)21(20)10-16(23)6-7-17-9-15(16)4-2-3-5-15/h8,11,17,23H,2-7,9-10H2,1H3. The van der Waals surface area contributed by atoms with Crippen LogP contribution in [0.2, 0.25) is 0 Å². The van der Waals surface area contributed by atoms with Crippen molar-refractivity contribution in [3.63, 3.8) is 0 Å². The Bertz CT molecular complexity index is 789. The van der Waals surface area contributed by atoms with Gasteiger partial charge in [-0.25, -0.2) is 14.6 Å². The molecular formula is C16H23N5O2. The van der Waals surface area contributed by atoms with E-state index in [0.717, 1.165) is 38.8 Å². The number of hydrogen-bond donors (Lipinski definition) is 2. The molecule has 1 spiro atoms. The van der Waals surface area contributed by atoms with Crippen molar-refractivity contribution >= 4 is 11.0 Å². The molecular weight excluding hydrogens is 294 g/mol. The van der Waals surface area contributed by atoms with Gasteiger partial charge >= 0.3 is 0 Å². The van der Waals surface area contributed by atoms with E-state index < -0.39 is 5.60 Å². The van der Waals surface area contributed by atoms with Gasteiger partial charge in [0.25, 0.3) is 5.56 Å². The lowest BCUT2D eigenvalue weighted by molar-refractivity contribution is -0.118. The van der Waals surface area contributed by atoms with Gasteiger partial charge in [0.05, 0.1) is 12.1 Å². The van der Waals surface area contributed by atoms with E-state index in [-0.39, 0.29) is 11.0 Å². The highest BCUT2D eigenvalue weighted by atomic mass is 16.3. The molecule has 0 aromatic carbocycles. The van der Waals surface area contributed by atoms with Crippen molar-refractivity contribution in [3.05, 3.63) is 22.9 Å². The topological polar surface area (TPSA) is 85.0 Å². The molecule has 2 aromatic heterocycles. The van der Waals surface area contributed by atoms with E-state index in [1.165, 1.54) is 6.33 Å². The van der Waals surface area contributed by atoms with Crippen LogP contribution in [-0.4, -0.2) is 43.1 Å². The fourth-order valence-electron chi connectivity index (χ4n) is 4.54. The fourth-order valence-corrected chi connectivity index (χ4v) is 4.54. The summed E-state index contributed by atoms with van der Waals surface area (Å²) in [6.45, 7) is 1.94. The molecule has 0 radical (unpaired) electrons. The fraction of sp³-hybridized carbons (Fsp3) is 0.688. The number of aryl methyl sites for hydroxylation is 1. The Labute approximate surface area is 134 Å². The molecule has 124 valence electrons. The zero-order valence-electron chi connectivity index (χ0n) is 13.5. The minimum absolute atomic E-state index is 0.118. The van der Waals surface area contributed by atoms with Crippen LogP contribution in [0.5, 0.6) is 0 Å². The van der Waals surface area contributed by atoms with E-state index >= 15 is 0 Å². The molecule has 1 saturated heterocycles. The highest BCUT2D eigenvalue weighted by Crippen LogP contribution is 2.49. The Kier molecular flexibility index (Phi) is 3.32. The molecule has 4 rings (SSSR count). The molecule has 0 amide bonds. The first-order chi connectivity index (χ1) is 11.1. The van der Waals surface area contributed by atoms with Gasteiger partial charge in [-0.3, -0.25) is 9.48 Å². The first-order valence-electron chi connectivity index (χ1n) is 8.35. The van der Waals surface area contributed by atoms with Crippen molar-refractivity contribution in [2.75, 3.05) is 13.1 Å².